The molecule has 0 N–H and O–H groups in total. The van der Waals surface area contributed by atoms with Gasteiger partial charge in [-0.1, -0.05) is 60.7 Å². The van der Waals surface area contributed by atoms with Gasteiger partial charge in [-0.2, -0.15) is 26.3 Å². The fourth-order valence-electron chi connectivity index (χ4n) is 6.03. The molecule has 0 saturated carbocycles. The lowest BCUT2D eigenvalue weighted by Crippen LogP contribution is -2.64. The molecular weight excluding hydrogens is 658 g/mol. The maximum atomic E-state index is 14.2. The molecule has 0 radical (unpaired) electrons. The van der Waals surface area contributed by atoms with Gasteiger partial charge in [0.1, 0.15) is 19.3 Å². The van der Waals surface area contributed by atoms with Crippen LogP contribution in [-0.2, 0) is 49.0 Å². The van der Waals surface area contributed by atoms with Crippen molar-refractivity contribution in [3.05, 3.63) is 119 Å². The highest BCUT2D eigenvalue weighted by Gasteiger charge is 2.56. The Hall–Kier alpha value is -4.92. The van der Waals surface area contributed by atoms with Crippen LogP contribution in [0.1, 0.15) is 53.7 Å². The van der Waals surface area contributed by atoms with E-state index in [-0.39, 0.29) is 37.6 Å². The Kier molecular flexibility index (Phi) is 10.0. The molecule has 1 amide bonds. The lowest BCUT2D eigenvalue weighted by atomic mass is 9.74. The smallest absolute Gasteiger partial charge is 0.416 e. The fourth-order valence-corrected chi connectivity index (χ4v) is 6.03. The second-order valence-electron chi connectivity index (χ2n) is 11.7. The Morgan fingerprint density at radius 2 is 1.43 bits per heavy atom. The van der Waals surface area contributed by atoms with Crippen LogP contribution in [0.5, 0.6) is 0 Å². The number of ether oxygens (including phenoxy) is 3. The summed E-state index contributed by atoms with van der Waals surface area (Å²) in [6.45, 7) is 0.459. The summed E-state index contributed by atoms with van der Waals surface area (Å²) in [7, 11) is 1.20. The first-order valence-corrected chi connectivity index (χ1v) is 15.1. The van der Waals surface area contributed by atoms with Crippen LogP contribution in [0.15, 0.2) is 91.5 Å². The second kappa shape index (κ2) is 13.9. The highest BCUT2D eigenvalue weighted by molar-refractivity contribution is 5.81. The van der Waals surface area contributed by atoms with Crippen LogP contribution in [0.25, 0.3) is 0 Å². The van der Waals surface area contributed by atoms with Gasteiger partial charge in [-0.05, 0) is 54.7 Å². The molecule has 1 aliphatic rings. The van der Waals surface area contributed by atoms with Gasteiger partial charge in [-0.25, -0.2) is 9.59 Å². The Morgan fingerprint density at radius 1 is 0.857 bits per heavy atom. The Balaban J connectivity index is 1.57. The SMILES string of the molecule is COC(=O)[C@@]1(n2cnnc2)CC[C@@](CO[C@H](C)c2cc(C(F)(F)F)cc(C(F)(F)F)c2)(c2ccccc2)N(C(=O)OCc2ccccc2)C1. The molecule has 1 saturated heterocycles. The average molecular weight is 691 g/mol. The number of methoxy groups -OCH3 is 1. The minimum Gasteiger partial charge on any atom is -0.467 e. The number of rotatable bonds is 9. The number of benzene rings is 3. The van der Waals surface area contributed by atoms with Gasteiger partial charge in [-0.3, -0.25) is 4.90 Å². The molecule has 9 nitrogen and oxygen atoms in total. The van der Waals surface area contributed by atoms with E-state index >= 15 is 0 Å². The molecule has 5 rings (SSSR count). The second-order valence-corrected chi connectivity index (χ2v) is 11.7. The Morgan fingerprint density at radius 3 is 1.98 bits per heavy atom. The van der Waals surface area contributed by atoms with E-state index in [1.54, 1.807) is 60.7 Å². The van der Waals surface area contributed by atoms with Gasteiger partial charge in [0.15, 0.2) is 5.54 Å². The Bertz CT molecular complexity index is 1710. The third kappa shape index (κ3) is 7.41. The molecule has 49 heavy (non-hydrogen) atoms. The van der Waals surface area contributed by atoms with E-state index in [1.165, 1.54) is 36.2 Å². The zero-order valence-corrected chi connectivity index (χ0v) is 26.4. The van der Waals surface area contributed by atoms with Crippen LogP contribution in [0.2, 0.25) is 0 Å². The maximum absolute atomic E-state index is 14.2. The normalized spacial score (nSPS) is 20.4. The van der Waals surface area contributed by atoms with Crippen molar-refractivity contribution in [3.63, 3.8) is 0 Å². The molecule has 3 aromatic carbocycles. The number of carbonyl (C=O) groups excluding carboxylic acids is 2. The van der Waals surface area contributed by atoms with Crippen molar-refractivity contribution in [2.75, 3.05) is 20.3 Å². The number of carbonyl (C=O) groups is 2. The third-order valence-electron chi connectivity index (χ3n) is 8.76. The van der Waals surface area contributed by atoms with E-state index in [0.29, 0.717) is 23.3 Å². The number of amides is 1. The van der Waals surface area contributed by atoms with Crippen LogP contribution in [-0.4, -0.2) is 52.0 Å². The molecule has 260 valence electrons. The number of hydrogen-bond donors (Lipinski definition) is 0. The molecular formula is C34H32F6N4O5. The van der Waals surface area contributed by atoms with Crippen LogP contribution in [0.4, 0.5) is 31.1 Å². The van der Waals surface area contributed by atoms with Crippen LogP contribution in [0.3, 0.4) is 0 Å². The van der Waals surface area contributed by atoms with E-state index < -0.39 is 59.3 Å². The first-order chi connectivity index (χ1) is 23.2. The Labute approximate surface area is 277 Å². The van der Waals surface area contributed by atoms with E-state index in [4.69, 9.17) is 14.2 Å². The quantitative estimate of drug-likeness (QED) is 0.135. The summed E-state index contributed by atoms with van der Waals surface area (Å²) in [5.74, 6) is -0.701. The number of aromatic nitrogens is 3. The molecule has 0 unspecified atom stereocenters. The topological polar surface area (TPSA) is 95.8 Å². The molecule has 1 fully saturated rings. The number of likely N-dealkylation sites (tertiary alicyclic amines) is 1. The molecule has 2 heterocycles. The fraction of sp³-hybridized carbons (Fsp3) is 0.353. The van der Waals surface area contributed by atoms with Gasteiger partial charge in [0.25, 0.3) is 0 Å². The lowest BCUT2D eigenvalue weighted by Gasteiger charge is -2.52. The van der Waals surface area contributed by atoms with E-state index in [0.717, 1.165) is 0 Å². The molecule has 0 spiro atoms. The lowest BCUT2D eigenvalue weighted by molar-refractivity contribution is -0.160. The minimum atomic E-state index is -5.05. The largest absolute Gasteiger partial charge is 0.467 e. The van der Waals surface area contributed by atoms with Gasteiger partial charge >= 0.3 is 24.4 Å². The van der Waals surface area contributed by atoms with Gasteiger partial charge in [0, 0.05) is 0 Å². The first-order valence-electron chi connectivity index (χ1n) is 15.1. The number of esters is 1. The van der Waals surface area contributed by atoms with E-state index in [9.17, 15) is 35.9 Å². The van der Waals surface area contributed by atoms with Crippen LogP contribution >= 0.6 is 0 Å². The van der Waals surface area contributed by atoms with Gasteiger partial charge in [0.2, 0.25) is 0 Å². The van der Waals surface area contributed by atoms with Crippen molar-refractivity contribution < 1.29 is 50.1 Å². The average Bonchev–Trinajstić information content (AvgIpc) is 3.65. The summed E-state index contributed by atoms with van der Waals surface area (Å²) in [6, 6.07) is 18.6. The van der Waals surface area contributed by atoms with Crippen molar-refractivity contribution in [1.82, 2.24) is 19.7 Å². The standard InChI is InChI=1S/C34H32F6N4O5/c1-23(25-15-27(33(35,36)37)17-28(16-25)34(38,39)40)49-20-32(26-11-7-4-8-12-26)14-13-31(29(45)47-2,43-21-41-42-22-43)19-44(32)30(46)48-18-24-9-5-3-6-10-24/h3-12,15-17,21-23H,13-14,18-20H2,1-2H3/t23-,31-,32-/m1/s1. The summed E-state index contributed by atoms with van der Waals surface area (Å²) in [6.07, 6.45) is -9.57. The van der Waals surface area contributed by atoms with Crippen LogP contribution in [0, 0.1) is 0 Å². The zero-order valence-electron chi connectivity index (χ0n) is 26.4. The summed E-state index contributed by atoms with van der Waals surface area (Å²) in [4.78, 5) is 28.9. The third-order valence-corrected chi connectivity index (χ3v) is 8.76. The predicted octanol–water partition coefficient (Wildman–Crippen LogP) is 7.29. The molecule has 15 heteroatoms. The van der Waals surface area contributed by atoms with Crippen molar-refractivity contribution in [3.8, 4) is 0 Å². The molecule has 0 bridgehead atoms. The van der Waals surface area contributed by atoms with Crippen LogP contribution < -0.4 is 0 Å². The van der Waals surface area contributed by atoms with Crippen molar-refractivity contribution >= 4 is 12.1 Å². The predicted molar refractivity (Wildman–Crippen MR) is 162 cm³/mol. The highest BCUT2D eigenvalue weighted by Crippen LogP contribution is 2.46. The van der Waals surface area contributed by atoms with E-state index in [1.807, 2.05) is 0 Å². The van der Waals surface area contributed by atoms with Crippen molar-refractivity contribution in [1.29, 1.82) is 0 Å². The number of hydrogen-bond acceptors (Lipinski definition) is 7. The molecule has 4 aromatic rings. The van der Waals surface area contributed by atoms with Gasteiger partial charge < -0.3 is 18.8 Å². The highest BCUT2D eigenvalue weighted by atomic mass is 19.4. The minimum absolute atomic E-state index is 0.0217. The first kappa shape index (κ1) is 35.4. The molecule has 0 aliphatic carbocycles. The number of nitrogens with zero attached hydrogens (tertiary/aromatic N) is 4. The summed E-state index contributed by atoms with van der Waals surface area (Å²) < 4.78 is 100. The number of halogens is 6. The van der Waals surface area contributed by atoms with Crippen molar-refractivity contribution in [2.45, 2.75) is 55.9 Å². The zero-order chi connectivity index (χ0) is 35.5. The summed E-state index contributed by atoms with van der Waals surface area (Å²) in [5.41, 5.74) is -5.06. The monoisotopic (exact) mass is 690 g/mol. The summed E-state index contributed by atoms with van der Waals surface area (Å²) >= 11 is 0. The van der Waals surface area contributed by atoms with Gasteiger partial charge in [0.05, 0.1) is 43.0 Å². The van der Waals surface area contributed by atoms with Gasteiger partial charge in [-0.15, -0.1) is 10.2 Å². The molecule has 1 aromatic heterocycles. The number of alkyl halides is 6. The van der Waals surface area contributed by atoms with Crippen molar-refractivity contribution in [2.24, 2.45) is 0 Å². The molecule has 3 atom stereocenters. The summed E-state index contributed by atoms with van der Waals surface area (Å²) in [5, 5.41) is 7.65. The molecule has 1 aliphatic heterocycles. The van der Waals surface area contributed by atoms with E-state index in [2.05, 4.69) is 10.2 Å². The number of piperidine rings is 1. The maximum Gasteiger partial charge on any atom is 0.416 e.